The highest BCUT2D eigenvalue weighted by Gasteiger charge is 2.29. The third kappa shape index (κ3) is 8.73. The number of nitrogens with zero attached hydrogens (tertiary/aromatic N) is 3. The van der Waals surface area contributed by atoms with Crippen molar-refractivity contribution in [2.24, 2.45) is 10.9 Å². The average molecular weight is 380 g/mol. The molecule has 0 unspecified atom stereocenters. The van der Waals surface area contributed by atoms with E-state index in [4.69, 9.17) is 4.74 Å². The van der Waals surface area contributed by atoms with Gasteiger partial charge in [0.05, 0.1) is 19.1 Å². The van der Waals surface area contributed by atoms with E-state index in [1.807, 2.05) is 6.92 Å². The van der Waals surface area contributed by atoms with Crippen molar-refractivity contribution in [2.45, 2.75) is 39.3 Å². The van der Waals surface area contributed by atoms with Gasteiger partial charge in [-0.1, -0.05) is 0 Å². The van der Waals surface area contributed by atoms with E-state index >= 15 is 0 Å². The number of rotatable bonds is 8. The van der Waals surface area contributed by atoms with Crippen LogP contribution in [0.1, 0.15) is 33.1 Å². The molecule has 0 saturated carbocycles. The molecular formula is C17H31F3N4O2. The van der Waals surface area contributed by atoms with E-state index in [-0.39, 0.29) is 11.9 Å². The molecule has 0 aromatic heterocycles. The number of alkyl halides is 3. The monoisotopic (exact) mass is 380 g/mol. The molecule has 1 saturated heterocycles. The molecular weight excluding hydrogens is 349 g/mol. The van der Waals surface area contributed by atoms with Crippen LogP contribution in [0.15, 0.2) is 4.99 Å². The van der Waals surface area contributed by atoms with Crippen LogP contribution in [-0.2, 0) is 9.53 Å². The van der Waals surface area contributed by atoms with Crippen LogP contribution in [0.3, 0.4) is 0 Å². The third-order valence-electron chi connectivity index (χ3n) is 4.16. The van der Waals surface area contributed by atoms with Gasteiger partial charge in [-0.3, -0.25) is 14.7 Å². The largest absolute Gasteiger partial charge is 0.466 e. The first kappa shape index (κ1) is 22.5. The first-order chi connectivity index (χ1) is 12.3. The zero-order valence-corrected chi connectivity index (χ0v) is 15.9. The van der Waals surface area contributed by atoms with Crippen molar-refractivity contribution in [1.29, 1.82) is 0 Å². The van der Waals surface area contributed by atoms with Gasteiger partial charge in [-0.2, -0.15) is 13.2 Å². The standard InChI is InChI=1S/C17H31F3N4O2/c1-4-21-16(22-9-6-10-23(3)13-17(18,19)20)24-11-7-14(8-12-24)15(25)26-5-2/h14H,4-13H2,1-3H3,(H,21,22). The van der Waals surface area contributed by atoms with Crippen LogP contribution in [0.4, 0.5) is 13.2 Å². The molecule has 152 valence electrons. The number of nitrogens with one attached hydrogen (secondary N) is 1. The smallest absolute Gasteiger partial charge is 0.401 e. The third-order valence-corrected chi connectivity index (χ3v) is 4.16. The van der Waals surface area contributed by atoms with Gasteiger partial charge < -0.3 is 15.0 Å². The molecule has 0 amide bonds. The number of hydrogen-bond donors (Lipinski definition) is 1. The number of esters is 1. The van der Waals surface area contributed by atoms with Crippen LogP contribution in [0.25, 0.3) is 0 Å². The number of likely N-dealkylation sites (tertiary alicyclic amines) is 1. The predicted molar refractivity (Wildman–Crippen MR) is 95.1 cm³/mol. The zero-order chi connectivity index (χ0) is 19.6. The maximum atomic E-state index is 12.3. The quantitative estimate of drug-likeness (QED) is 0.303. The zero-order valence-electron chi connectivity index (χ0n) is 15.9. The maximum Gasteiger partial charge on any atom is 0.401 e. The lowest BCUT2D eigenvalue weighted by Crippen LogP contribution is -2.46. The van der Waals surface area contributed by atoms with Gasteiger partial charge in [-0.25, -0.2) is 0 Å². The number of carbonyl (C=O) groups excluding carboxylic acids is 1. The predicted octanol–water partition coefficient (Wildman–Crippen LogP) is 2.11. The summed E-state index contributed by atoms with van der Waals surface area (Å²) in [7, 11) is 1.46. The maximum absolute atomic E-state index is 12.3. The SMILES string of the molecule is CCNC(=NCCCN(C)CC(F)(F)F)N1CCC(C(=O)OCC)CC1. The van der Waals surface area contributed by atoms with Crippen molar-refractivity contribution in [1.82, 2.24) is 15.1 Å². The summed E-state index contributed by atoms with van der Waals surface area (Å²) in [6.45, 7) is 6.20. The Morgan fingerprint density at radius 3 is 2.50 bits per heavy atom. The van der Waals surface area contributed by atoms with Crippen molar-refractivity contribution in [3.8, 4) is 0 Å². The summed E-state index contributed by atoms with van der Waals surface area (Å²) in [6.07, 6.45) is -2.17. The van der Waals surface area contributed by atoms with Gasteiger partial charge in [-0.15, -0.1) is 0 Å². The second-order valence-corrected chi connectivity index (χ2v) is 6.46. The molecule has 0 aromatic carbocycles. The molecule has 0 aromatic rings. The van der Waals surface area contributed by atoms with Crippen LogP contribution < -0.4 is 5.32 Å². The summed E-state index contributed by atoms with van der Waals surface area (Å²) in [5.74, 6) is 0.556. The number of ether oxygens (including phenoxy) is 1. The molecule has 6 nitrogen and oxygen atoms in total. The highest BCUT2D eigenvalue weighted by molar-refractivity contribution is 5.80. The molecule has 0 bridgehead atoms. The van der Waals surface area contributed by atoms with Crippen molar-refractivity contribution >= 4 is 11.9 Å². The summed E-state index contributed by atoms with van der Waals surface area (Å²) in [6, 6.07) is 0. The highest BCUT2D eigenvalue weighted by atomic mass is 19.4. The van der Waals surface area contributed by atoms with Crippen molar-refractivity contribution < 1.29 is 22.7 Å². The molecule has 1 aliphatic rings. The summed E-state index contributed by atoms with van der Waals surface area (Å²) in [5.41, 5.74) is 0. The van der Waals surface area contributed by atoms with Crippen LogP contribution in [0.5, 0.6) is 0 Å². The second kappa shape index (κ2) is 11.3. The van der Waals surface area contributed by atoms with Crippen LogP contribution in [0.2, 0.25) is 0 Å². The summed E-state index contributed by atoms with van der Waals surface area (Å²) in [4.78, 5) is 19.7. The molecule has 0 spiro atoms. The first-order valence-corrected chi connectivity index (χ1v) is 9.22. The van der Waals surface area contributed by atoms with E-state index in [9.17, 15) is 18.0 Å². The van der Waals surface area contributed by atoms with Crippen LogP contribution in [-0.4, -0.2) is 80.8 Å². The van der Waals surface area contributed by atoms with Gasteiger partial charge in [0.25, 0.3) is 0 Å². The Balaban J connectivity index is 2.43. The van der Waals surface area contributed by atoms with E-state index in [1.165, 1.54) is 11.9 Å². The fourth-order valence-corrected chi connectivity index (χ4v) is 2.92. The van der Waals surface area contributed by atoms with Gasteiger partial charge in [0.1, 0.15) is 0 Å². The van der Waals surface area contributed by atoms with Gasteiger partial charge >= 0.3 is 12.1 Å². The van der Waals surface area contributed by atoms with E-state index in [2.05, 4.69) is 15.2 Å². The number of piperidine rings is 1. The number of carbonyl (C=O) groups is 1. The normalized spacial score (nSPS) is 16.9. The average Bonchev–Trinajstić information content (AvgIpc) is 2.56. The van der Waals surface area contributed by atoms with Gasteiger partial charge in [0.2, 0.25) is 0 Å². The van der Waals surface area contributed by atoms with E-state index in [0.29, 0.717) is 45.8 Å². The molecule has 26 heavy (non-hydrogen) atoms. The summed E-state index contributed by atoms with van der Waals surface area (Å²) < 4.78 is 42.0. The Morgan fingerprint density at radius 1 is 1.31 bits per heavy atom. The minimum atomic E-state index is -4.17. The first-order valence-electron chi connectivity index (χ1n) is 9.22. The molecule has 1 rings (SSSR count). The summed E-state index contributed by atoms with van der Waals surface area (Å²) >= 11 is 0. The molecule has 0 atom stereocenters. The number of aliphatic imine (C=N–C) groups is 1. The minimum absolute atomic E-state index is 0.0647. The van der Waals surface area contributed by atoms with Crippen molar-refractivity contribution in [3.05, 3.63) is 0 Å². The lowest BCUT2D eigenvalue weighted by molar-refractivity contribution is -0.149. The molecule has 9 heteroatoms. The number of guanidine groups is 1. The van der Waals surface area contributed by atoms with Gasteiger partial charge in [-0.05, 0) is 46.7 Å². The Hall–Kier alpha value is -1.51. The lowest BCUT2D eigenvalue weighted by Gasteiger charge is -2.33. The Morgan fingerprint density at radius 2 is 1.96 bits per heavy atom. The van der Waals surface area contributed by atoms with Crippen molar-refractivity contribution in [2.75, 3.05) is 52.9 Å². The van der Waals surface area contributed by atoms with E-state index in [1.54, 1.807) is 6.92 Å². The Labute approximate surface area is 153 Å². The molecule has 0 radical (unpaired) electrons. The fourth-order valence-electron chi connectivity index (χ4n) is 2.92. The van der Waals surface area contributed by atoms with E-state index < -0.39 is 12.7 Å². The molecule has 1 aliphatic heterocycles. The Kier molecular flexibility index (Phi) is 9.75. The molecule has 1 N–H and O–H groups in total. The number of hydrogen-bond acceptors (Lipinski definition) is 4. The van der Waals surface area contributed by atoms with Gasteiger partial charge in [0, 0.05) is 26.2 Å². The van der Waals surface area contributed by atoms with Crippen LogP contribution >= 0.6 is 0 Å². The fraction of sp³-hybridized carbons (Fsp3) is 0.882. The number of halogens is 3. The van der Waals surface area contributed by atoms with E-state index in [0.717, 1.165) is 18.8 Å². The highest BCUT2D eigenvalue weighted by Crippen LogP contribution is 2.19. The second-order valence-electron chi connectivity index (χ2n) is 6.46. The molecule has 1 heterocycles. The van der Waals surface area contributed by atoms with Crippen molar-refractivity contribution in [3.63, 3.8) is 0 Å². The minimum Gasteiger partial charge on any atom is -0.466 e. The Bertz CT molecular complexity index is 450. The molecule has 1 fully saturated rings. The lowest BCUT2D eigenvalue weighted by atomic mass is 9.97. The van der Waals surface area contributed by atoms with Crippen LogP contribution in [0, 0.1) is 5.92 Å². The molecule has 0 aliphatic carbocycles. The van der Waals surface area contributed by atoms with Gasteiger partial charge in [0.15, 0.2) is 5.96 Å². The topological polar surface area (TPSA) is 57.2 Å². The summed E-state index contributed by atoms with van der Waals surface area (Å²) in [5, 5.41) is 3.21.